The van der Waals surface area contributed by atoms with Crippen molar-refractivity contribution in [3.8, 4) is 0 Å². The van der Waals surface area contributed by atoms with Crippen LogP contribution in [0, 0.1) is 0 Å². The first-order chi connectivity index (χ1) is 10.6. The van der Waals surface area contributed by atoms with E-state index in [1.165, 1.54) is 7.05 Å². The lowest BCUT2D eigenvalue weighted by molar-refractivity contribution is -0.154. The zero-order valence-electron chi connectivity index (χ0n) is 13.3. The number of likely N-dealkylation sites (N-methyl/N-ethyl adjacent to an activating group) is 2. The lowest BCUT2D eigenvalue weighted by Gasteiger charge is -2.37. The number of carbonyl (C=O) groups excluding carboxylic acids is 1. The predicted octanol–water partition coefficient (Wildman–Crippen LogP) is 4.10. The van der Waals surface area contributed by atoms with E-state index in [9.17, 15) is 13.6 Å². The summed E-state index contributed by atoms with van der Waals surface area (Å²) in [5, 5.41) is 3.85. The van der Waals surface area contributed by atoms with Crippen LogP contribution in [0.2, 0.25) is 10.0 Å². The number of nitrogens with one attached hydrogen (secondary N) is 1. The number of rotatable bonds is 7. The van der Waals surface area contributed by atoms with Crippen LogP contribution >= 0.6 is 23.2 Å². The normalized spacial score (nSPS) is 14.2. The summed E-state index contributed by atoms with van der Waals surface area (Å²) in [6.45, 7) is 4.32. The molecule has 23 heavy (non-hydrogen) atoms. The van der Waals surface area contributed by atoms with Gasteiger partial charge in [-0.25, -0.2) is 0 Å². The van der Waals surface area contributed by atoms with Crippen LogP contribution in [-0.4, -0.2) is 37.4 Å². The van der Waals surface area contributed by atoms with E-state index in [0.717, 1.165) is 10.5 Å². The van der Waals surface area contributed by atoms with Crippen LogP contribution in [0.4, 0.5) is 8.78 Å². The summed E-state index contributed by atoms with van der Waals surface area (Å²) in [5.74, 6) is -4.68. The molecular formula is C16H20Cl2F2N2O. The van der Waals surface area contributed by atoms with Crippen molar-refractivity contribution >= 4 is 29.1 Å². The maximum atomic E-state index is 13.3. The number of amides is 1. The number of benzene rings is 1. The summed E-state index contributed by atoms with van der Waals surface area (Å²) in [6, 6.07) is 5.04. The topological polar surface area (TPSA) is 32.3 Å². The molecule has 1 aromatic rings. The summed E-state index contributed by atoms with van der Waals surface area (Å²) >= 11 is 12.0. The van der Waals surface area contributed by atoms with Gasteiger partial charge in [0.2, 0.25) is 0 Å². The summed E-state index contributed by atoms with van der Waals surface area (Å²) in [5.41, 5.74) is -0.0700. The van der Waals surface area contributed by atoms with Gasteiger partial charge in [0, 0.05) is 20.5 Å². The second kappa shape index (κ2) is 7.60. The molecule has 0 heterocycles. The SMILES string of the molecule is C=CC[C@](CN(C)C(=O)C(C)(F)F)(NC)c1ccc(Cl)c(Cl)c1. The van der Waals surface area contributed by atoms with Crippen molar-refractivity contribution in [2.45, 2.75) is 24.8 Å². The highest BCUT2D eigenvalue weighted by Gasteiger charge is 2.39. The minimum Gasteiger partial charge on any atom is -0.338 e. The minimum atomic E-state index is -3.43. The molecule has 0 bridgehead atoms. The molecule has 0 radical (unpaired) electrons. The van der Waals surface area contributed by atoms with E-state index in [1.807, 2.05) is 0 Å². The molecule has 0 unspecified atom stereocenters. The Morgan fingerprint density at radius 3 is 2.43 bits per heavy atom. The molecule has 0 spiro atoms. The number of carbonyl (C=O) groups is 1. The lowest BCUT2D eigenvalue weighted by Crippen LogP contribution is -2.52. The molecular weight excluding hydrogens is 345 g/mol. The monoisotopic (exact) mass is 364 g/mol. The van der Waals surface area contributed by atoms with Crippen LogP contribution in [-0.2, 0) is 10.3 Å². The fraction of sp³-hybridized carbons (Fsp3) is 0.438. The van der Waals surface area contributed by atoms with Gasteiger partial charge in [0.05, 0.1) is 15.6 Å². The van der Waals surface area contributed by atoms with Gasteiger partial charge in [-0.1, -0.05) is 35.3 Å². The molecule has 7 heteroatoms. The van der Waals surface area contributed by atoms with Crippen molar-refractivity contribution in [1.82, 2.24) is 10.2 Å². The van der Waals surface area contributed by atoms with Crippen molar-refractivity contribution in [3.63, 3.8) is 0 Å². The first-order valence-electron chi connectivity index (χ1n) is 6.96. The average molecular weight is 365 g/mol. The highest BCUT2D eigenvalue weighted by atomic mass is 35.5. The van der Waals surface area contributed by atoms with Gasteiger partial charge in [0.25, 0.3) is 5.91 Å². The third kappa shape index (κ3) is 4.66. The molecule has 128 valence electrons. The Morgan fingerprint density at radius 2 is 2.00 bits per heavy atom. The molecule has 0 saturated carbocycles. The van der Waals surface area contributed by atoms with Crippen LogP contribution in [0.15, 0.2) is 30.9 Å². The van der Waals surface area contributed by atoms with E-state index in [1.54, 1.807) is 31.3 Å². The molecule has 1 atom stereocenters. The maximum Gasteiger partial charge on any atom is 0.322 e. The third-order valence-electron chi connectivity index (χ3n) is 3.67. The zero-order chi connectivity index (χ0) is 17.8. The summed E-state index contributed by atoms with van der Waals surface area (Å²) < 4.78 is 26.6. The fourth-order valence-electron chi connectivity index (χ4n) is 2.45. The molecule has 0 aliphatic carbocycles. The van der Waals surface area contributed by atoms with Gasteiger partial charge in [0.15, 0.2) is 0 Å². The second-order valence-electron chi connectivity index (χ2n) is 5.50. The third-order valence-corrected chi connectivity index (χ3v) is 4.41. The van der Waals surface area contributed by atoms with E-state index in [-0.39, 0.29) is 6.54 Å². The molecule has 1 N–H and O–H groups in total. The Labute approximate surface area is 145 Å². The predicted molar refractivity (Wildman–Crippen MR) is 90.3 cm³/mol. The Bertz CT molecular complexity index is 590. The molecule has 1 rings (SSSR count). The fourth-order valence-corrected chi connectivity index (χ4v) is 2.75. The highest BCUT2D eigenvalue weighted by Crippen LogP contribution is 2.32. The van der Waals surface area contributed by atoms with Crippen LogP contribution in [0.5, 0.6) is 0 Å². The minimum absolute atomic E-state index is 0.0236. The summed E-state index contributed by atoms with van der Waals surface area (Å²) in [4.78, 5) is 12.8. The number of hydrogen-bond acceptors (Lipinski definition) is 2. The Kier molecular flexibility index (Phi) is 6.57. The van der Waals surface area contributed by atoms with Gasteiger partial charge in [-0.05, 0) is 31.2 Å². The summed E-state index contributed by atoms with van der Waals surface area (Å²) in [6.07, 6.45) is 2.07. The zero-order valence-corrected chi connectivity index (χ0v) is 14.8. The molecule has 3 nitrogen and oxygen atoms in total. The largest absolute Gasteiger partial charge is 0.338 e. The van der Waals surface area contributed by atoms with E-state index in [4.69, 9.17) is 23.2 Å². The van der Waals surface area contributed by atoms with Crippen molar-refractivity contribution in [3.05, 3.63) is 46.5 Å². The van der Waals surface area contributed by atoms with Gasteiger partial charge in [-0.3, -0.25) is 4.79 Å². The van der Waals surface area contributed by atoms with Crippen molar-refractivity contribution in [1.29, 1.82) is 0 Å². The molecule has 1 amide bonds. The number of hydrogen-bond donors (Lipinski definition) is 1. The maximum absolute atomic E-state index is 13.3. The average Bonchev–Trinajstić information content (AvgIpc) is 2.47. The lowest BCUT2D eigenvalue weighted by atomic mass is 9.86. The van der Waals surface area contributed by atoms with Crippen molar-refractivity contribution in [2.24, 2.45) is 0 Å². The van der Waals surface area contributed by atoms with Crippen LogP contribution in [0.3, 0.4) is 0 Å². The molecule has 0 fully saturated rings. The van der Waals surface area contributed by atoms with Gasteiger partial charge in [-0.2, -0.15) is 8.78 Å². The van der Waals surface area contributed by atoms with E-state index in [0.29, 0.717) is 23.4 Å². The smallest absolute Gasteiger partial charge is 0.322 e. The molecule has 0 aliphatic heterocycles. The molecule has 0 aromatic heterocycles. The van der Waals surface area contributed by atoms with Crippen molar-refractivity contribution in [2.75, 3.05) is 20.6 Å². The first-order valence-corrected chi connectivity index (χ1v) is 7.71. The number of nitrogens with zero attached hydrogens (tertiary/aromatic N) is 1. The van der Waals surface area contributed by atoms with E-state index < -0.39 is 17.4 Å². The van der Waals surface area contributed by atoms with Crippen molar-refractivity contribution < 1.29 is 13.6 Å². The van der Waals surface area contributed by atoms with E-state index >= 15 is 0 Å². The molecule has 0 aliphatic rings. The summed E-state index contributed by atoms with van der Waals surface area (Å²) in [7, 11) is 3.03. The van der Waals surface area contributed by atoms with Gasteiger partial charge >= 0.3 is 5.92 Å². The highest BCUT2D eigenvalue weighted by molar-refractivity contribution is 6.42. The second-order valence-corrected chi connectivity index (χ2v) is 6.32. The molecule has 1 aromatic carbocycles. The first kappa shape index (κ1) is 19.9. The Morgan fingerprint density at radius 1 is 1.39 bits per heavy atom. The Balaban J connectivity index is 3.24. The number of alkyl halides is 2. The van der Waals surface area contributed by atoms with E-state index in [2.05, 4.69) is 11.9 Å². The van der Waals surface area contributed by atoms with Gasteiger partial charge in [-0.15, -0.1) is 6.58 Å². The standard InChI is InChI=1S/C16H20Cl2F2N2O/c1-5-8-16(21-3,10-22(4)14(23)15(2,19)20)11-6-7-12(17)13(18)9-11/h5-7,9,21H,1,8,10H2,2-4H3/t16-/m1/s1. The molecule has 0 saturated heterocycles. The Hall–Kier alpha value is -1.17. The number of halogens is 4. The quantitative estimate of drug-likeness (QED) is 0.738. The van der Waals surface area contributed by atoms with Gasteiger partial charge in [0.1, 0.15) is 0 Å². The van der Waals surface area contributed by atoms with Crippen LogP contribution in [0.1, 0.15) is 18.9 Å². The van der Waals surface area contributed by atoms with Gasteiger partial charge < -0.3 is 10.2 Å². The van der Waals surface area contributed by atoms with Crippen LogP contribution in [0.25, 0.3) is 0 Å². The van der Waals surface area contributed by atoms with Crippen LogP contribution < -0.4 is 5.32 Å².